The SMILES string of the molecule is C=C(C(=O)OC)c1ccccc1.C=Cc1ccccc1.c1ccccc1. The number of carbonyl (C=O) groups is 1. The molecule has 0 amide bonds. The lowest BCUT2D eigenvalue weighted by atomic mass is 10.1. The fourth-order valence-corrected chi connectivity index (χ4v) is 1.85. The molecular weight excluding hydrogens is 320 g/mol. The van der Waals surface area contributed by atoms with Crippen molar-refractivity contribution in [3.05, 3.63) is 121 Å². The zero-order chi connectivity index (χ0) is 19.0. The van der Waals surface area contributed by atoms with Gasteiger partial charge in [-0.15, -0.1) is 0 Å². The van der Waals surface area contributed by atoms with E-state index in [0.717, 1.165) is 5.56 Å². The van der Waals surface area contributed by atoms with Gasteiger partial charge < -0.3 is 4.74 Å². The minimum absolute atomic E-state index is 0.387. The van der Waals surface area contributed by atoms with Crippen LogP contribution in [0.25, 0.3) is 11.6 Å². The first-order valence-corrected chi connectivity index (χ1v) is 8.19. The molecular formula is C24H24O2. The molecule has 3 aromatic rings. The molecule has 0 atom stereocenters. The van der Waals surface area contributed by atoms with E-state index in [1.807, 2.05) is 103 Å². The molecule has 0 heterocycles. The lowest BCUT2D eigenvalue weighted by molar-refractivity contribution is -0.133. The van der Waals surface area contributed by atoms with Crippen molar-refractivity contribution in [2.24, 2.45) is 0 Å². The van der Waals surface area contributed by atoms with Crippen LogP contribution < -0.4 is 0 Å². The monoisotopic (exact) mass is 344 g/mol. The van der Waals surface area contributed by atoms with Gasteiger partial charge in [-0.1, -0.05) is 116 Å². The summed E-state index contributed by atoms with van der Waals surface area (Å²) >= 11 is 0. The summed E-state index contributed by atoms with van der Waals surface area (Å²) < 4.78 is 4.53. The van der Waals surface area contributed by atoms with E-state index in [0.29, 0.717) is 5.57 Å². The highest BCUT2D eigenvalue weighted by Crippen LogP contribution is 2.12. The number of rotatable bonds is 3. The molecule has 0 aromatic heterocycles. The molecule has 0 spiro atoms. The van der Waals surface area contributed by atoms with Gasteiger partial charge in [0.2, 0.25) is 0 Å². The highest BCUT2D eigenvalue weighted by Gasteiger charge is 2.07. The predicted molar refractivity (Wildman–Crippen MR) is 110 cm³/mol. The average molecular weight is 344 g/mol. The molecule has 26 heavy (non-hydrogen) atoms. The fourth-order valence-electron chi connectivity index (χ4n) is 1.85. The number of benzene rings is 3. The topological polar surface area (TPSA) is 26.3 Å². The summed E-state index contributed by atoms with van der Waals surface area (Å²) in [7, 11) is 1.34. The summed E-state index contributed by atoms with van der Waals surface area (Å²) in [6, 6.07) is 31.3. The predicted octanol–water partition coefficient (Wildman–Crippen LogP) is 5.89. The van der Waals surface area contributed by atoms with E-state index >= 15 is 0 Å². The van der Waals surface area contributed by atoms with Crippen LogP contribution in [0.3, 0.4) is 0 Å². The molecule has 3 aromatic carbocycles. The maximum atomic E-state index is 11.0. The lowest BCUT2D eigenvalue weighted by Crippen LogP contribution is -2.01. The van der Waals surface area contributed by atoms with Crippen molar-refractivity contribution in [3.8, 4) is 0 Å². The lowest BCUT2D eigenvalue weighted by Gasteiger charge is -2.01. The Labute approximate surface area is 156 Å². The molecule has 0 fully saturated rings. The molecule has 0 radical (unpaired) electrons. The van der Waals surface area contributed by atoms with Gasteiger partial charge >= 0.3 is 5.97 Å². The first-order chi connectivity index (χ1) is 12.7. The van der Waals surface area contributed by atoms with Crippen LogP contribution in [0.1, 0.15) is 11.1 Å². The van der Waals surface area contributed by atoms with Gasteiger partial charge in [-0.05, 0) is 11.1 Å². The van der Waals surface area contributed by atoms with Crippen LogP contribution >= 0.6 is 0 Å². The molecule has 0 bridgehead atoms. The second-order valence-corrected chi connectivity index (χ2v) is 5.11. The minimum Gasteiger partial charge on any atom is -0.465 e. The van der Waals surface area contributed by atoms with Gasteiger partial charge in [0, 0.05) is 0 Å². The Kier molecular flexibility index (Phi) is 10.3. The molecule has 132 valence electrons. The van der Waals surface area contributed by atoms with Gasteiger partial charge in [-0.2, -0.15) is 0 Å². The van der Waals surface area contributed by atoms with Crippen LogP contribution in [-0.4, -0.2) is 13.1 Å². The van der Waals surface area contributed by atoms with E-state index in [9.17, 15) is 4.79 Å². The Morgan fingerprint density at radius 2 is 1.15 bits per heavy atom. The molecule has 0 saturated heterocycles. The minimum atomic E-state index is -0.388. The van der Waals surface area contributed by atoms with Crippen LogP contribution in [0.4, 0.5) is 0 Å². The van der Waals surface area contributed by atoms with Crippen molar-refractivity contribution in [1.29, 1.82) is 0 Å². The second kappa shape index (κ2) is 13.0. The van der Waals surface area contributed by atoms with Crippen LogP contribution in [0.15, 0.2) is 110 Å². The van der Waals surface area contributed by atoms with Crippen molar-refractivity contribution in [1.82, 2.24) is 0 Å². The fraction of sp³-hybridized carbons (Fsp3) is 0.0417. The molecule has 3 rings (SSSR count). The standard InChI is InChI=1S/C10H10O2.C8H8.C6H6/c1-8(10(11)12-2)9-6-4-3-5-7-9;1-2-8-6-4-3-5-7-8;1-2-4-6-5-3-1/h3-7H,1H2,2H3;2-7H,1H2;1-6H. The summed E-state index contributed by atoms with van der Waals surface area (Å²) in [4.78, 5) is 11.0. The summed E-state index contributed by atoms with van der Waals surface area (Å²) in [6.07, 6.45) is 1.83. The number of carbonyl (C=O) groups excluding carboxylic acids is 1. The van der Waals surface area contributed by atoms with Crippen molar-refractivity contribution in [2.75, 3.05) is 7.11 Å². The molecule has 2 heteroatoms. The normalized spacial score (nSPS) is 8.65. The van der Waals surface area contributed by atoms with Gasteiger partial charge in [-0.25, -0.2) is 4.79 Å². The Hall–Kier alpha value is -3.39. The van der Waals surface area contributed by atoms with E-state index in [-0.39, 0.29) is 5.97 Å². The highest BCUT2D eigenvalue weighted by molar-refractivity contribution is 6.15. The van der Waals surface area contributed by atoms with Crippen LogP contribution in [0, 0.1) is 0 Å². The van der Waals surface area contributed by atoms with E-state index in [4.69, 9.17) is 0 Å². The number of ether oxygens (including phenoxy) is 1. The third-order valence-electron chi connectivity index (χ3n) is 3.26. The van der Waals surface area contributed by atoms with E-state index in [1.165, 1.54) is 12.7 Å². The molecule has 0 aliphatic heterocycles. The van der Waals surface area contributed by atoms with Crippen molar-refractivity contribution >= 4 is 17.6 Å². The zero-order valence-corrected chi connectivity index (χ0v) is 15.0. The van der Waals surface area contributed by atoms with Gasteiger partial charge in [0.15, 0.2) is 0 Å². The first kappa shape index (κ1) is 20.7. The van der Waals surface area contributed by atoms with Crippen LogP contribution in [0.2, 0.25) is 0 Å². The van der Waals surface area contributed by atoms with Gasteiger partial charge in [0.25, 0.3) is 0 Å². The number of hydrogen-bond donors (Lipinski definition) is 0. The van der Waals surface area contributed by atoms with Crippen molar-refractivity contribution in [3.63, 3.8) is 0 Å². The molecule has 0 aliphatic carbocycles. The largest absolute Gasteiger partial charge is 0.465 e. The van der Waals surface area contributed by atoms with Crippen LogP contribution in [0.5, 0.6) is 0 Å². The van der Waals surface area contributed by atoms with Gasteiger partial charge in [0.1, 0.15) is 0 Å². The summed E-state index contributed by atoms with van der Waals surface area (Å²) in [5, 5.41) is 0. The van der Waals surface area contributed by atoms with Crippen molar-refractivity contribution in [2.45, 2.75) is 0 Å². The van der Waals surface area contributed by atoms with E-state index in [1.54, 1.807) is 0 Å². The third-order valence-corrected chi connectivity index (χ3v) is 3.26. The highest BCUT2D eigenvalue weighted by atomic mass is 16.5. The Bertz CT molecular complexity index is 736. The van der Waals surface area contributed by atoms with Gasteiger partial charge in [0.05, 0.1) is 12.7 Å². The van der Waals surface area contributed by atoms with Crippen molar-refractivity contribution < 1.29 is 9.53 Å². The van der Waals surface area contributed by atoms with Crippen LogP contribution in [-0.2, 0) is 9.53 Å². The zero-order valence-electron chi connectivity index (χ0n) is 15.0. The maximum absolute atomic E-state index is 11.0. The summed E-state index contributed by atoms with van der Waals surface area (Å²) in [5.41, 5.74) is 2.36. The molecule has 0 N–H and O–H groups in total. The first-order valence-electron chi connectivity index (χ1n) is 8.19. The smallest absolute Gasteiger partial charge is 0.337 e. The summed E-state index contributed by atoms with van der Waals surface area (Å²) in [5.74, 6) is -0.388. The molecule has 0 unspecified atom stereocenters. The second-order valence-electron chi connectivity index (χ2n) is 5.11. The molecule has 0 saturated carbocycles. The molecule has 0 aliphatic rings. The van der Waals surface area contributed by atoms with E-state index in [2.05, 4.69) is 17.9 Å². The molecule has 2 nitrogen and oxygen atoms in total. The average Bonchev–Trinajstić information content (AvgIpc) is 2.76. The Balaban J connectivity index is 0.000000208. The third kappa shape index (κ3) is 8.46. The summed E-state index contributed by atoms with van der Waals surface area (Å²) in [6.45, 7) is 7.25. The Morgan fingerprint density at radius 1 is 0.769 bits per heavy atom. The van der Waals surface area contributed by atoms with Gasteiger partial charge in [-0.3, -0.25) is 0 Å². The quantitative estimate of drug-likeness (QED) is 0.437. The maximum Gasteiger partial charge on any atom is 0.337 e. The van der Waals surface area contributed by atoms with E-state index < -0.39 is 0 Å². The number of esters is 1. The number of hydrogen-bond acceptors (Lipinski definition) is 2. The Morgan fingerprint density at radius 3 is 1.50 bits per heavy atom. The number of methoxy groups -OCH3 is 1.